The second-order valence-electron chi connectivity index (χ2n) is 7.38. The molecule has 1 saturated carbocycles. The zero-order valence-electron chi connectivity index (χ0n) is 13.7. The monoisotopic (exact) mass is 266 g/mol. The summed E-state index contributed by atoms with van der Waals surface area (Å²) in [4.78, 5) is 2.84. The lowest BCUT2D eigenvalue weighted by Crippen LogP contribution is -2.66. The van der Waals surface area contributed by atoms with E-state index in [4.69, 9.17) is 0 Å². The van der Waals surface area contributed by atoms with Crippen LogP contribution in [0.5, 0.6) is 0 Å². The van der Waals surface area contributed by atoms with Gasteiger partial charge < -0.3 is 5.32 Å². The van der Waals surface area contributed by atoms with Gasteiger partial charge in [0.05, 0.1) is 0 Å². The van der Waals surface area contributed by atoms with E-state index in [1.54, 1.807) is 0 Å². The van der Waals surface area contributed by atoms with E-state index in [2.05, 4.69) is 44.8 Å². The van der Waals surface area contributed by atoms with Crippen LogP contribution in [0.15, 0.2) is 0 Å². The smallest absolute Gasteiger partial charge is 0.0304 e. The molecule has 0 aromatic heterocycles. The second kappa shape index (κ2) is 6.13. The molecule has 0 bridgehead atoms. The molecule has 2 aliphatic rings. The van der Waals surface area contributed by atoms with E-state index in [9.17, 15) is 0 Å². The summed E-state index contributed by atoms with van der Waals surface area (Å²) in [6, 6.07) is 1.49. The van der Waals surface area contributed by atoms with E-state index in [1.807, 2.05) is 0 Å². The maximum atomic E-state index is 3.88. The summed E-state index contributed by atoms with van der Waals surface area (Å²) < 4.78 is 0. The van der Waals surface area contributed by atoms with Crippen molar-refractivity contribution in [2.24, 2.45) is 11.8 Å². The maximum absolute atomic E-state index is 3.88. The van der Waals surface area contributed by atoms with Gasteiger partial charge in [0.2, 0.25) is 0 Å². The topological polar surface area (TPSA) is 15.3 Å². The molecule has 1 heterocycles. The van der Waals surface area contributed by atoms with Crippen molar-refractivity contribution in [1.29, 1.82) is 0 Å². The van der Waals surface area contributed by atoms with Crippen molar-refractivity contribution in [3.8, 4) is 0 Å². The molecule has 2 atom stereocenters. The lowest BCUT2D eigenvalue weighted by Gasteiger charge is -2.51. The highest BCUT2D eigenvalue weighted by Crippen LogP contribution is 2.36. The number of hydrogen-bond acceptors (Lipinski definition) is 2. The van der Waals surface area contributed by atoms with Crippen LogP contribution < -0.4 is 5.32 Å². The third kappa shape index (κ3) is 3.52. The summed E-state index contributed by atoms with van der Waals surface area (Å²) in [5, 5.41) is 3.88. The Morgan fingerprint density at radius 1 is 1.16 bits per heavy atom. The van der Waals surface area contributed by atoms with Crippen molar-refractivity contribution in [1.82, 2.24) is 10.2 Å². The summed E-state index contributed by atoms with van der Waals surface area (Å²) in [5.41, 5.74) is 0.364. The zero-order chi connectivity index (χ0) is 14.0. The van der Waals surface area contributed by atoms with Gasteiger partial charge in [0, 0.05) is 30.7 Å². The largest absolute Gasteiger partial charge is 0.308 e. The lowest BCUT2D eigenvalue weighted by atomic mass is 9.85. The van der Waals surface area contributed by atoms with Gasteiger partial charge in [0.15, 0.2) is 0 Å². The van der Waals surface area contributed by atoms with Gasteiger partial charge in [0.1, 0.15) is 0 Å². The van der Waals surface area contributed by atoms with Crippen molar-refractivity contribution >= 4 is 0 Å². The molecule has 2 fully saturated rings. The minimum Gasteiger partial charge on any atom is -0.308 e. The Balaban J connectivity index is 2.06. The van der Waals surface area contributed by atoms with Gasteiger partial charge in [-0.25, -0.2) is 0 Å². The van der Waals surface area contributed by atoms with Crippen LogP contribution >= 0.6 is 0 Å². The highest BCUT2D eigenvalue weighted by atomic mass is 15.3. The van der Waals surface area contributed by atoms with E-state index in [0.717, 1.165) is 23.9 Å². The maximum Gasteiger partial charge on any atom is 0.0304 e. The summed E-state index contributed by atoms with van der Waals surface area (Å²) in [6.07, 6.45) is 6.89. The van der Waals surface area contributed by atoms with Crippen LogP contribution in [0.3, 0.4) is 0 Å². The summed E-state index contributed by atoms with van der Waals surface area (Å²) in [7, 11) is 0. The number of hydrogen-bond donors (Lipinski definition) is 1. The average Bonchev–Trinajstić information content (AvgIpc) is 3.21. The molecule has 2 rings (SSSR count). The number of nitrogens with zero attached hydrogens (tertiary/aromatic N) is 1. The van der Waals surface area contributed by atoms with E-state index < -0.39 is 0 Å². The standard InChI is InChI=1S/C17H34N2/c1-6-17(7-2)12-19(14(5)10-15-8-9-15)16(11-18-17)13(3)4/h13-16,18H,6-12H2,1-5H3. The fourth-order valence-electron chi connectivity index (χ4n) is 3.76. The highest BCUT2D eigenvalue weighted by molar-refractivity contribution is 4.99. The van der Waals surface area contributed by atoms with Gasteiger partial charge in [-0.2, -0.15) is 0 Å². The van der Waals surface area contributed by atoms with Crippen molar-refractivity contribution < 1.29 is 0 Å². The minimum atomic E-state index is 0.364. The summed E-state index contributed by atoms with van der Waals surface area (Å²) in [5.74, 6) is 1.79. The molecule has 2 nitrogen and oxygen atoms in total. The Kier molecular flexibility index (Phi) is 4.94. The Labute approximate surface area is 120 Å². The summed E-state index contributed by atoms with van der Waals surface area (Å²) in [6.45, 7) is 14.3. The fourth-order valence-corrected chi connectivity index (χ4v) is 3.76. The number of piperazine rings is 1. The first-order chi connectivity index (χ1) is 9.01. The molecule has 2 heteroatoms. The molecule has 1 aliphatic heterocycles. The van der Waals surface area contributed by atoms with E-state index in [0.29, 0.717) is 5.54 Å². The Morgan fingerprint density at radius 2 is 1.79 bits per heavy atom. The summed E-state index contributed by atoms with van der Waals surface area (Å²) >= 11 is 0. The zero-order valence-corrected chi connectivity index (χ0v) is 13.7. The molecular formula is C17H34N2. The average molecular weight is 266 g/mol. The van der Waals surface area contributed by atoms with Crippen LogP contribution in [0.2, 0.25) is 0 Å². The molecule has 0 spiro atoms. The van der Waals surface area contributed by atoms with E-state index >= 15 is 0 Å². The van der Waals surface area contributed by atoms with E-state index in [-0.39, 0.29) is 0 Å². The molecule has 0 amide bonds. The third-order valence-corrected chi connectivity index (χ3v) is 5.66. The number of nitrogens with one attached hydrogen (secondary N) is 1. The van der Waals surface area contributed by atoms with Crippen LogP contribution in [-0.2, 0) is 0 Å². The molecule has 2 unspecified atom stereocenters. The van der Waals surface area contributed by atoms with Gasteiger partial charge in [-0.3, -0.25) is 4.90 Å². The molecule has 1 N–H and O–H groups in total. The van der Waals surface area contributed by atoms with Crippen LogP contribution in [0.1, 0.15) is 66.7 Å². The molecule has 112 valence electrons. The first-order valence-electron chi connectivity index (χ1n) is 8.52. The predicted molar refractivity (Wildman–Crippen MR) is 83.5 cm³/mol. The SMILES string of the molecule is CCC1(CC)CN(C(C)CC2CC2)C(C(C)C)CN1. The minimum absolute atomic E-state index is 0.364. The van der Waals surface area contributed by atoms with Gasteiger partial charge in [-0.05, 0) is 38.0 Å². The third-order valence-electron chi connectivity index (χ3n) is 5.66. The Hall–Kier alpha value is -0.0800. The molecule has 19 heavy (non-hydrogen) atoms. The van der Waals surface area contributed by atoms with Gasteiger partial charge in [-0.15, -0.1) is 0 Å². The van der Waals surface area contributed by atoms with Gasteiger partial charge >= 0.3 is 0 Å². The predicted octanol–water partition coefficient (Wildman–Crippen LogP) is 3.66. The second-order valence-corrected chi connectivity index (χ2v) is 7.38. The molecule has 1 aliphatic carbocycles. The molecule has 0 radical (unpaired) electrons. The Morgan fingerprint density at radius 3 is 2.26 bits per heavy atom. The van der Waals surface area contributed by atoms with Crippen LogP contribution in [0.4, 0.5) is 0 Å². The van der Waals surface area contributed by atoms with Crippen LogP contribution in [0, 0.1) is 11.8 Å². The molecular weight excluding hydrogens is 232 g/mol. The van der Waals surface area contributed by atoms with Gasteiger partial charge in [0.25, 0.3) is 0 Å². The Bertz CT molecular complexity index is 279. The first-order valence-corrected chi connectivity index (χ1v) is 8.52. The van der Waals surface area contributed by atoms with Crippen molar-refractivity contribution in [3.63, 3.8) is 0 Å². The number of rotatable bonds is 6. The molecule has 0 aromatic carbocycles. The van der Waals surface area contributed by atoms with Crippen molar-refractivity contribution in [2.45, 2.75) is 84.3 Å². The quantitative estimate of drug-likeness (QED) is 0.789. The fraction of sp³-hybridized carbons (Fsp3) is 1.00. The van der Waals surface area contributed by atoms with Gasteiger partial charge in [-0.1, -0.05) is 40.5 Å². The van der Waals surface area contributed by atoms with E-state index in [1.165, 1.54) is 45.2 Å². The van der Waals surface area contributed by atoms with Crippen LogP contribution in [0.25, 0.3) is 0 Å². The van der Waals surface area contributed by atoms with Crippen molar-refractivity contribution in [3.05, 3.63) is 0 Å². The van der Waals surface area contributed by atoms with Crippen molar-refractivity contribution in [2.75, 3.05) is 13.1 Å². The molecule has 1 saturated heterocycles. The van der Waals surface area contributed by atoms with Crippen LogP contribution in [-0.4, -0.2) is 35.6 Å². The highest BCUT2D eigenvalue weighted by Gasteiger charge is 2.40. The molecule has 0 aromatic rings. The lowest BCUT2D eigenvalue weighted by molar-refractivity contribution is 0.0179. The first kappa shape index (κ1) is 15.3. The normalized spacial score (nSPS) is 29.7.